The Labute approximate surface area is 185 Å². The molecule has 0 atom stereocenters. The predicted molar refractivity (Wildman–Crippen MR) is 125 cm³/mol. The van der Waals surface area contributed by atoms with Crippen molar-refractivity contribution in [1.29, 1.82) is 0 Å². The van der Waals surface area contributed by atoms with Crippen LogP contribution in [0.3, 0.4) is 0 Å². The Kier molecular flexibility index (Phi) is 6.65. The van der Waals surface area contributed by atoms with Gasteiger partial charge in [-0.25, -0.2) is 4.79 Å². The molecule has 2 aromatic carbocycles. The zero-order valence-electron chi connectivity index (χ0n) is 19.6. The molecule has 0 spiro atoms. The minimum Gasteiger partial charge on any atom is -0.493 e. The van der Waals surface area contributed by atoms with E-state index in [1.165, 1.54) is 11.1 Å². The third-order valence-corrected chi connectivity index (χ3v) is 6.27. The van der Waals surface area contributed by atoms with E-state index in [0.717, 1.165) is 41.8 Å². The number of carboxylic acid groups (broad SMARTS) is 1. The highest BCUT2D eigenvalue weighted by Crippen LogP contribution is 2.54. The lowest BCUT2D eigenvalue weighted by molar-refractivity contribution is 0.0697. The largest absolute Gasteiger partial charge is 0.493 e. The van der Waals surface area contributed by atoms with Gasteiger partial charge in [0, 0.05) is 5.56 Å². The van der Waals surface area contributed by atoms with Crippen LogP contribution in [0.1, 0.15) is 82.3 Å². The van der Waals surface area contributed by atoms with Gasteiger partial charge in [-0.2, -0.15) is 0 Å². The van der Waals surface area contributed by atoms with Crippen molar-refractivity contribution in [1.82, 2.24) is 0 Å². The molecule has 0 unspecified atom stereocenters. The highest BCUT2D eigenvalue weighted by molar-refractivity contribution is 5.91. The van der Waals surface area contributed by atoms with Crippen LogP contribution >= 0.6 is 0 Å². The summed E-state index contributed by atoms with van der Waals surface area (Å²) in [6.45, 7) is 14.3. The van der Waals surface area contributed by atoms with Crippen molar-refractivity contribution in [2.75, 3.05) is 18.7 Å². The number of benzene rings is 2. The van der Waals surface area contributed by atoms with E-state index in [-0.39, 0.29) is 16.4 Å². The molecule has 31 heavy (non-hydrogen) atoms. The van der Waals surface area contributed by atoms with Crippen molar-refractivity contribution < 1.29 is 19.5 Å². The Morgan fingerprint density at radius 1 is 1.06 bits per heavy atom. The number of ether oxygens (including phenoxy) is 1. The maximum Gasteiger partial charge on any atom is 0.335 e. The van der Waals surface area contributed by atoms with E-state index in [1.54, 1.807) is 12.1 Å². The first-order valence-electron chi connectivity index (χ1n) is 11.2. The lowest BCUT2D eigenvalue weighted by Crippen LogP contribution is -2.35. The normalized spacial score (nSPS) is 16.5. The standard InChI is InChI=1S/C26H35NO4/c1-7-15-31-27-23-21(17-9-11-18(12-10-17)24(28)29)20(30-8-2)16-19-22(23)26(5,6)14-13-25(19,3)4/h9-12,16,27H,7-8,13-15H2,1-6H3,(H,28,29). The number of aromatic carboxylic acids is 1. The van der Waals surface area contributed by atoms with Crippen molar-refractivity contribution >= 4 is 11.7 Å². The van der Waals surface area contributed by atoms with Crippen molar-refractivity contribution in [2.45, 2.75) is 71.6 Å². The molecule has 2 aromatic rings. The van der Waals surface area contributed by atoms with Gasteiger partial charge in [0.1, 0.15) is 5.75 Å². The minimum absolute atomic E-state index is 0.0174. The zero-order valence-corrected chi connectivity index (χ0v) is 19.6. The summed E-state index contributed by atoms with van der Waals surface area (Å²) in [6.07, 6.45) is 3.07. The smallest absolute Gasteiger partial charge is 0.335 e. The summed E-state index contributed by atoms with van der Waals surface area (Å²) < 4.78 is 6.13. The highest BCUT2D eigenvalue weighted by atomic mass is 16.6. The first-order chi connectivity index (χ1) is 14.6. The van der Waals surface area contributed by atoms with Gasteiger partial charge in [-0.1, -0.05) is 46.8 Å². The molecule has 3 rings (SSSR count). The van der Waals surface area contributed by atoms with E-state index in [0.29, 0.717) is 13.2 Å². The van der Waals surface area contributed by atoms with Crippen molar-refractivity contribution in [3.8, 4) is 16.9 Å². The molecule has 1 aliphatic carbocycles. The molecule has 1 aliphatic rings. The van der Waals surface area contributed by atoms with E-state index in [9.17, 15) is 9.90 Å². The number of hydrogen-bond donors (Lipinski definition) is 2. The first kappa shape index (κ1) is 23.1. The van der Waals surface area contributed by atoms with Crippen molar-refractivity contribution in [3.63, 3.8) is 0 Å². The van der Waals surface area contributed by atoms with Crippen LogP contribution in [-0.2, 0) is 15.7 Å². The van der Waals surface area contributed by atoms with Crippen LogP contribution in [0.15, 0.2) is 30.3 Å². The fourth-order valence-corrected chi connectivity index (χ4v) is 4.44. The molecule has 0 aromatic heterocycles. The highest BCUT2D eigenvalue weighted by Gasteiger charge is 2.41. The molecule has 0 radical (unpaired) electrons. The van der Waals surface area contributed by atoms with Gasteiger partial charge in [-0.3, -0.25) is 10.3 Å². The molecule has 0 fully saturated rings. The number of hydrogen-bond acceptors (Lipinski definition) is 4. The number of anilines is 1. The maximum atomic E-state index is 11.4. The number of rotatable bonds is 8. The Morgan fingerprint density at radius 3 is 2.29 bits per heavy atom. The molecular formula is C26H35NO4. The summed E-state index contributed by atoms with van der Waals surface area (Å²) in [7, 11) is 0. The van der Waals surface area contributed by atoms with Gasteiger partial charge in [0.25, 0.3) is 0 Å². The van der Waals surface area contributed by atoms with Gasteiger partial charge >= 0.3 is 5.97 Å². The topological polar surface area (TPSA) is 67.8 Å². The second-order valence-electron chi connectivity index (χ2n) is 9.58. The average molecular weight is 426 g/mol. The van der Waals surface area contributed by atoms with E-state index in [1.807, 2.05) is 19.1 Å². The Hall–Kier alpha value is -2.53. The molecule has 5 heteroatoms. The molecule has 168 valence electrons. The Bertz CT molecular complexity index is 945. The number of carbonyl (C=O) groups is 1. The van der Waals surface area contributed by atoms with Gasteiger partial charge in [0.05, 0.1) is 24.5 Å². The molecule has 0 amide bonds. The summed E-state index contributed by atoms with van der Waals surface area (Å²) in [5.41, 5.74) is 8.79. The SMILES string of the molecule is CCCONc1c(-c2ccc(C(=O)O)cc2)c(OCC)cc2c1C(C)(C)CCC2(C)C. The molecule has 5 nitrogen and oxygen atoms in total. The molecule has 2 N–H and O–H groups in total. The fraction of sp³-hybridized carbons (Fsp3) is 0.500. The van der Waals surface area contributed by atoms with Crippen LogP contribution < -0.4 is 10.2 Å². The third kappa shape index (κ3) is 4.57. The van der Waals surface area contributed by atoms with Gasteiger partial charge in [0.15, 0.2) is 0 Å². The molecule has 0 heterocycles. The molecular weight excluding hydrogens is 390 g/mol. The fourth-order valence-electron chi connectivity index (χ4n) is 4.44. The van der Waals surface area contributed by atoms with Crippen LogP contribution in [0.5, 0.6) is 5.75 Å². The van der Waals surface area contributed by atoms with Crippen LogP contribution in [0.2, 0.25) is 0 Å². The van der Waals surface area contributed by atoms with E-state index in [4.69, 9.17) is 9.57 Å². The van der Waals surface area contributed by atoms with Crippen molar-refractivity contribution in [2.24, 2.45) is 0 Å². The summed E-state index contributed by atoms with van der Waals surface area (Å²) in [4.78, 5) is 17.2. The average Bonchev–Trinajstić information content (AvgIpc) is 2.71. The van der Waals surface area contributed by atoms with Gasteiger partial charge in [-0.05, 0) is 71.9 Å². The summed E-state index contributed by atoms with van der Waals surface area (Å²) >= 11 is 0. The van der Waals surface area contributed by atoms with Gasteiger partial charge < -0.3 is 9.84 Å². The lowest BCUT2D eigenvalue weighted by Gasteiger charge is -2.43. The van der Waals surface area contributed by atoms with E-state index >= 15 is 0 Å². The second kappa shape index (κ2) is 8.91. The quantitative estimate of drug-likeness (QED) is 0.371. The molecule has 0 saturated heterocycles. The number of carboxylic acids is 1. The minimum atomic E-state index is -0.936. The zero-order chi connectivity index (χ0) is 22.8. The number of nitrogens with one attached hydrogen (secondary N) is 1. The van der Waals surface area contributed by atoms with Crippen LogP contribution in [0.25, 0.3) is 11.1 Å². The molecule has 0 aliphatic heterocycles. The molecule has 0 saturated carbocycles. The van der Waals surface area contributed by atoms with E-state index in [2.05, 4.69) is 46.2 Å². The third-order valence-electron chi connectivity index (χ3n) is 6.27. The molecule has 0 bridgehead atoms. The van der Waals surface area contributed by atoms with Crippen molar-refractivity contribution in [3.05, 3.63) is 47.0 Å². The monoisotopic (exact) mass is 425 g/mol. The number of fused-ring (bicyclic) bond motifs is 1. The summed E-state index contributed by atoms with van der Waals surface area (Å²) in [6, 6.07) is 9.15. The lowest BCUT2D eigenvalue weighted by atomic mass is 9.62. The Balaban J connectivity index is 2.32. The van der Waals surface area contributed by atoms with Gasteiger partial charge in [-0.15, -0.1) is 0 Å². The van der Waals surface area contributed by atoms with Gasteiger partial charge in [0.2, 0.25) is 0 Å². The van der Waals surface area contributed by atoms with Crippen LogP contribution in [0, 0.1) is 0 Å². The Morgan fingerprint density at radius 2 is 1.71 bits per heavy atom. The second-order valence-corrected chi connectivity index (χ2v) is 9.58. The first-order valence-corrected chi connectivity index (χ1v) is 11.2. The summed E-state index contributed by atoms with van der Waals surface area (Å²) in [5.74, 6) is -0.146. The maximum absolute atomic E-state index is 11.4. The van der Waals surface area contributed by atoms with E-state index < -0.39 is 5.97 Å². The summed E-state index contributed by atoms with van der Waals surface area (Å²) in [5, 5.41) is 9.31. The predicted octanol–water partition coefficient (Wildman–Crippen LogP) is 6.55. The van der Waals surface area contributed by atoms with Crippen LogP contribution in [0.4, 0.5) is 5.69 Å². The van der Waals surface area contributed by atoms with Crippen LogP contribution in [-0.4, -0.2) is 24.3 Å².